The van der Waals surface area contributed by atoms with Gasteiger partial charge in [-0.2, -0.15) is 0 Å². The Bertz CT molecular complexity index is 944. The standard InChI is InChI=1S/C25H33F2N3O4/c1-4-6-13-29-25(28)20(17(27)5-2)15(3)9-7-8-10-19-22(32)23(33)24(34-19)21(31)18-12-11-16(26)14-30-18/h4-6,11-14,19,21-24,31-33H,1,7-10H2,2-3H3,(H2,28,29)/b13-6-,17-5+,20-15+/t19-,21+,22-,23-,24+/m0/s1. The number of halogens is 2. The minimum absolute atomic E-state index is 0.0649. The van der Waals surface area contributed by atoms with E-state index in [9.17, 15) is 24.1 Å². The summed E-state index contributed by atoms with van der Waals surface area (Å²) in [4.78, 5) is 7.85. The van der Waals surface area contributed by atoms with Crippen LogP contribution in [-0.4, -0.2) is 50.6 Å². The molecule has 1 aliphatic heterocycles. The summed E-state index contributed by atoms with van der Waals surface area (Å²) in [5, 5.41) is 31.2. The average Bonchev–Trinajstić information content (AvgIpc) is 3.10. The van der Waals surface area contributed by atoms with Gasteiger partial charge in [-0.25, -0.2) is 13.8 Å². The first kappa shape index (κ1) is 27.5. The highest BCUT2D eigenvalue weighted by molar-refractivity contribution is 6.01. The lowest BCUT2D eigenvalue weighted by atomic mass is 9.97. The third-order valence-corrected chi connectivity index (χ3v) is 5.67. The van der Waals surface area contributed by atoms with Crippen molar-refractivity contribution in [2.45, 2.75) is 70.1 Å². The van der Waals surface area contributed by atoms with Crippen LogP contribution in [0.2, 0.25) is 0 Å². The van der Waals surface area contributed by atoms with Crippen molar-refractivity contribution < 1.29 is 28.8 Å². The number of rotatable bonds is 11. The summed E-state index contributed by atoms with van der Waals surface area (Å²) in [5.74, 6) is -0.949. The topological polar surface area (TPSA) is 121 Å². The first-order chi connectivity index (χ1) is 16.2. The minimum Gasteiger partial charge on any atom is -0.388 e. The fourth-order valence-electron chi connectivity index (χ4n) is 3.81. The van der Waals surface area contributed by atoms with Gasteiger partial charge in [0, 0.05) is 6.20 Å². The van der Waals surface area contributed by atoms with Gasteiger partial charge in [0.15, 0.2) is 0 Å². The van der Waals surface area contributed by atoms with Crippen molar-refractivity contribution in [2.75, 3.05) is 0 Å². The van der Waals surface area contributed by atoms with E-state index in [2.05, 4.69) is 16.6 Å². The third-order valence-electron chi connectivity index (χ3n) is 5.67. The van der Waals surface area contributed by atoms with Crippen LogP contribution in [0.1, 0.15) is 51.3 Å². The number of ether oxygens (including phenoxy) is 1. The van der Waals surface area contributed by atoms with E-state index in [0.717, 1.165) is 17.8 Å². The summed E-state index contributed by atoms with van der Waals surface area (Å²) in [7, 11) is 0. The molecule has 1 aliphatic rings. The Hall–Kier alpha value is -2.72. The van der Waals surface area contributed by atoms with Crippen LogP contribution in [0.3, 0.4) is 0 Å². The van der Waals surface area contributed by atoms with E-state index in [-0.39, 0.29) is 17.1 Å². The number of aliphatic hydroxyl groups excluding tert-OH is 3. The zero-order valence-corrected chi connectivity index (χ0v) is 19.4. The molecule has 34 heavy (non-hydrogen) atoms. The molecule has 5 N–H and O–H groups in total. The molecule has 0 bridgehead atoms. The quantitative estimate of drug-likeness (QED) is 0.167. The van der Waals surface area contributed by atoms with Gasteiger partial charge in [-0.1, -0.05) is 30.7 Å². The highest BCUT2D eigenvalue weighted by atomic mass is 19.1. The van der Waals surface area contributed by atoms with Crippen molar-refractivity contribution >= 4 is 5.84 Å². The highest BCUT2D eigenvalue weighted by Gasteiger charge is 2.46. The molecule has 186 valence electrons. The van der Waals surface area contributed by atoms with Gasteiger partial charge in [0.1, 0.15) is 41.9 Å². The van der Waals surface area contributed by atoms with Crippen LogP contribution in [0.4, 0.5) is 8.78 Å². The van der Waals surface area contributed by atoms with Crippen molar-refractivity contribution in [1.29, 1.82) is 0 Å². The van der Waals surface area contributed by atoms with Crippen molar-refractivity contribution in [1.82, 2.24) is 4.98 Å². The van der Waals surface area contributed by atoms with E-state index in [1.165, 1.54) is 24.4 Å². The summed E-state index contributed by atoms with van der Waals surface area (Å²) in [6.07, 6.45) is 3.46. The molecule has 0 spiro atoms. The van der Waals surface area contributed by atoms with E-state index in [0.29, 0.717) is 25.7 Å². The molecule has 0 amide bonds. The van der Waals surface area contributed by atoms with Gasteiger partial charge in [0.2, 0.25) is 0 Å². The van der Waals surface area contributed by atoms with Crippen LogP contribution >= 0.6 is 0 Å². The van der Waals surface area contributed by atoms with Crippen LogP contribution in [0.15, 0.2) is 71.3 Å². The Kier molecular flexibility index (Phi) is 10.7. The summed E-state index contributed by atoms with van der Waals surface area (Å²) < 4.78 is 33.2. The summed E-state index contributed by atoms with van der Waals surface area (Å²) >= 11 is 0. The Labute approximate surface area is 198 Å². The second-order valence-electron chi connectivity index (χ2n) is 8.10. The molecule has 7 nitrogen and oxygen atoms in total. The molecule has 9 heteroatoms. The molecule has 0 aliphatic carbocycles. The maximum absolute atomic E-state index is 14.4. The van der Waals surface area contributed by atoms with Gasteiger partial charge in [0.05, 0.1) is 23.6 Å². The predicted octanol–water partition coefficient (Wildman–Crippen LogP) is 3.55. The Balaban J connectivity index is 1.97. The van der Waals surface area contributed by atoms with E-state index in [4.69, 9.17) is 10.5 Å². The molecule has 0 saturated carbocycles. The molecule has 1 aromatic heterocycles. The van der Waals surface area contributed by atoms with E-state index < -0.39 is 42.2 Å². The predicted molar refractivity (Wildman–Crippen MR) is 127 cm³/mol. The third kappa shape index (κ3) is 7.14. The molecule has 0 aromatic carbocycles. The number of allylic oxidation sites excluding steroid dienone is 4. The van der Waals surface area contributed by atoms with Crippen LogP contribution in [0.25, 0.3) is 0 Å². The van der Waals surface area contributed by atoms with Gasteiger partial charge in [-0.3, -0.25) is 4.98 Å². The summed E-state index contributed by atoms with van der Waals surface area (Å²) in [6.45, 7) is 6.90. The molecule has 5 atom stereocenters. The second-order valence-corrected chi connectivity index (χ2v) is 8.10. The first-order valence-electron chi connectivity index (χ1n) is 11.2. The average molecular weight is 478 g/mol. The lowest BCUT2D eigenvalue weighted by molar-refractivity contribution is -0.0697. The smallest absolute Gasteiger partial charge is 0.141 e. The van der Waals surface area contributed by atoms with Crippen molar-refractivity contribution in [3.05, 3.63) is 77.8 Å². The number of aromatic nitrogens is 1. The van der Waals surface area contributed by atoms with Gasteiger partial charge in [-0.05, 0) is 51.3 Å². The maximum Gasteiger partial charge on any atom is 0.141 e. The molecule has 2 heterocycles. The first-order valence-corrected chi connectivity index (χ1v) is 11.2. The van der Waals surface area contributed by atoms with E-state index >= 15 is 0 Å². The number of hydrogen-bond donors (Lipinski definition) is 4. The molecule has 2 rings (SSSR count). The maximum atomic E-state index is 14.4. The molecular weight excluding hydrogens is 444 g/mol. The van der Waals surface area contributed by atoms with Crippen LogP contribution in [0.5, 0.6) is 0 Å². The van der Waals surface area contributed by atoms with E-state index in [1.54, 1.807) is 19.9 Å². The second kappa shape index (κ2) is 13.2. The van der Waals surface area contributed by atoms with Gasteiger partial charge >= 0.3 is 0 Å². The van der Waals surface area contributed by atoms with Crippen LogP contribution in [0, 0.1) is 5.82 Å². The molecule has 0 radical (unpaired) electrons. The number of unbranched alkanes of at least 4 members (excludes halogenated alkanes) is 1. The number of nitrogens with two attached hydrogens (primary N) is 1. The Morgan fingerprint density at radius 2 is 2.06 bits per heavy atom. The molecular formula is C25H33F2N3O4. The van der Waals surface area contributed by atoms with Gasteiger partial charge in [0.25, 0.3) is 0 Å². The highest BCUT2D eigenvalue weighted by Crippen LogP contribution is 2.33. The molecule has 1 saturated heterocycles. The number of nitrogens with zero attached hydrogens (tertiary/aromatic N) is 2. The Morgan fingerprint density at radius 1 is 1.32 bits per heavy atom. The normalized spacial score (nSPS) is 25.5. The Morgan fingerprint density at radius 3 is 2.68 bits per heavy atom. The lowest BCUT2D eigenvalue weighted by Gasteiger charge is -2.20. The van der Waals surface area contributed by atoms with Crippen LogP contribution < -0.4 is 5.73 Å². The molecule has 1 fully saturated rings. The zero-order chi connectivity index (χ0) is 25.3. The van der Waals surface area contributed by atoms with Crippen molar-refractivity contribution in [2.24, 2.45) is 10.7 Å². The number of amidine groups is 1. The van der Waals surface area contributed by atoms with Crippen LogP contribution in [-0.2, 0) is 4.74 Å². The lowest BCUT2D eigenvalue weighted by Crippen LogP contribution is -2.35. The SMILES string of the molecule is C=C\C=C/N=C(N)\C(=C(/C)CCCC[C@@H]1O[C@H]([C@H](O)c2ccc(F)cn2)[C@@H](O)[C@H]1O)C(\F)=C/C. The van der Waals surface area contributed by atoms with Crippen molar-refractivity contribution in [3.8, 4) is 0 Å². The monoisotopic (exact) mass is 477 g/mol. The van der Waals surface area contributed by atoms with E-state index in [1.807, 2.05) is 0 Å². The van der Waals surface area contributed by atoms with Gasteiger partial charge < -0.3 is 25.8 Å². The largest absolute Gasteiger partial charge is 0.388 e. The number of aliphatic hydroxyl groups is 3. The number of aliphatic imine (C=N–C) groups is 1. The van der Waals surface area contributed by atoms with Crippen molar-refractivity contribution in [3.63, 3.8) is 0 Å². The number of pyridine rings is 1. The zero-order valence-electron chi connectivity index (χ0n) is 19.4. The number of hydrogen-bond acceptors (Lipinski definition) is 6. The molecule has 0 unspecified atom stereocenters. The minimum atomic E-state index is -1.32. The summed E-state index contributed by atoms with van der Waals surface area (Å²) in [6, 6.07) is 2.45. The fraction of sp³-hybridized carbons (Fsp3) is 0.440. The summed E-state index contributed by atoms with van der Waals surface area (Å²) in [5.41, 5.74) is 7.09. The molecule has 1 aromatic rings. The van der Waals surface area contributed by atoms with Gasteiger partial charge in [-0.15, -0.1) is 0 Å². The fourth-order valence-corrected chi connectivity index (χ4v) is 3.81.